The first-order valence-corrected chi connectivity index (χ1v) is 9.66. The van der Waals surface area contributed by atoms with E-state index in [0.29, 0.717) is 12.0 Å². The summed E-state index contributed by atoms with van der Waals surface area (Å²) in [6.45, 7) is 13.2. The molecular weight excluding hydrogens is 296 g/mol. The van der Waals surface area contributed by atoms with Crippen molar-refractivity contribution in [2.45, 2.75) is 78.3 Å². The van der Waals surface area contributed by atoms with Crippen LogP contribution in [0.4, 0.5) is 0 Å². The first-order chi connectivity index (χ1) is 11.5. The highest BCUT2D eigenvalue weighted by atomic mass is 16.1. The summed E-state index contributed by atoms with van der Waals surface area (Å²) < 4.78 is 0. The third-order valence-electron chi connectivity index (χ3n) is 5.09. The number of aryl methyl sites for hydroxylation is 1. The zero-order valence-corrected chi connectivity index (χ0v) is 16.1. The number of carbonyl (C=O) groups excluding carboxylic acids is 1. The summed E-state index contributed by atoms with van der Waals surface area (Å²) in [6, 6.07) is 6.96. The lowest BCUT2D eigenvalue weighted by molar-refractivity contribution is 0.0939. The van der Waals surface area contributed by atoms with Crippen molar-refractivity contribution in [1.82, 2.24) is 10.2 Å². The molecule has 24 heavy (non-hydrogen) atoms. The quantitative estimate of drug-likeness (QED) is 0.805. The predicted octanol–water partition coefficient (Wildman–Crippen LogP) is 4.37. The fourth-order valence-electron chi connectivity index (χ4n) is 4.17. The van der Waals surface area contributed by atoms with Gasteiger partial charge in [-0.2, -0.15) is 0 Å². The molecule has 3 nitrogen and oxygen atoms in total. The van der Waals surface area contributed by atoms with Crippen molar-refractivity contribution < 1.29 is 4.79 Å². The van der Waals surface area contributed by atoms with Crippen LogP contribution in [0.3, 0.4) is 0 Å². The zero-order chi connectivity index (χ0) is 17.7. The number of rotatable bonds is 7. The van der Waals surface area contributed by atoms with Gasteiger partial charge in [-0.3, -0.25) is 9.69 Å². The van der Waals surface area contributed by atoms with Crippen LogP contribution in [0.2, 0.25) is 0 Å². The number of nitrogens with zero attached hydrogens (tertiary/aromatic N) is 1. The van der Waals surface area contributed by atoms with E-state index in [0.717, 1.165) is 25.1 Å². The van der Waals surface area contributed by atoms with E-state index in [1.165, 1.54) is 30.4 Å². The van der Waals surface area contributed by atoms with Gasteiger partial charge in [0.15, 0.2) is 0 Å². The lowest BCUT2D eigenvalue weighted by atomic mass is 9.77. The van der Waals surface area contributed by atoms with Crippen LogP contribution in [-0.4, -0.2) is 36.0 Å². The Morgan fingerprint density at radius 3 is 2.50 bits per heavy atom. The number of nitrogens with one attached hydrogen (secondary N) is 1. The van der Waals surface area contributed by atoms with E-state index in [-0.39, 0.29) is 11.9 Å². The Bertz CT molecular complexity index is 547. The van der Waals surface area contributed by atoms with E-state index in [9.17, 15) is 4.79 Å². The zero-order valence-electron chi connectivity index (χ0n) is 16.1. The average Bonchev–Trinajstić information content (AvgIpc) is 2.54. The van der Waals surface area contributed by atoms with Gasteiger partial charge >= 0.3 is 0 Å². The maximum Gasteiger partial charge on any atom is 0.251 e. The van der Waals surface area contributed by atoms with Crippen LogP contribution in [0.5, 0.6) is 0 Å². The predicted molar refractivity (Wildman–Crippen MR) is 102 cm³/mol. The maximum absolute atomic E-state index is 12.7. The lowest BCUT2D eigenvalue weighted by Gasteiger charge is -2.40. The van der Waals surface area contributed by atoms with Crippen LogP contribution in [0.15, 0.2) is 18.2 Å². The molecule has 0 aliphatic heterocycles. The topological polar surface area (TPSA) is 32.3 Å². The minimum atomic E-state index is 0.0758. The molecule has 0 bridgehead atoms. The summed E-state index contributed by atoms with van der Waals surface area (Å²) in [5.41, 5.74) is 3.53. The first kappa shape index (κ1) is 19.0. The van der Waals surface area contributed by atoms with Crippen LogP contribution in [-0.2, 0) is 6.42 Å². The molecule has 3 heteroatoms. The van der Waals surface area contributed by atoms with Gasteiger partial charge in [0, 0.05) is 17.6 Å². The highest BCUT2D eigenvalue weighted by molar-refractivity contribution is 5.96. The van der Waals surface area contributed by atoms with E-state index in [1.807, 2.05) is 26.0 Å². The Kier molecular flexibility index (Phi) is 6.85. The Morgan fingerprint density at radius 2 is 1.92 bits per heavy atom. The van der Waals surface area contributed by atoms with Crippen molar-refractivity contribution in [1.29, 1.82) is 0 Å². The summed E-state index contributed by atoms with van der Waals surface area (Å²) in [5.74, 6) is 0.479. The second-order valence-corrected chi connectivity index (χ2v) is 7.44. The summed E-state index contributed by atoms with van der Waals surface area (Å²) in [5, 5.41) is 3.07. The van der Waals surface area contributed by atoms with Crippen molar-refractivity contribution in [3.63, 3.8) is 0 Å². The fourth-order valence-corrected chi connectivity index (χ4v) is 4.17. The molecule has 1 aromatic rings. The molecule has 1 amide bonds. The summed E-state index contributed by atoms with van der Waals surface area (Å²) in [7, 11) is 0. The molecule has 0 heterocycles. The summed E-state index contributed by atoms with van der Waals surface area (Å²) in [6.07, 6.45) is 4.65. The summed E-state index contributed by atoms with van der Waals surface area (Å²) >= 11 is 0. The van der Waals surface area contributed by atoms with E-state index in [1.54, 1.807) is 0 Å². The highest BCUT2D eigenvalue weighted by Crippen LogP contribution is 2.37. The molecular formula is C21H34N2O. The molecule has 134 valence electrons. The van der Waals surface area contributed by atoms with Gasteiger partial charge in [0.1, 0.15) is 0 Å². The second kappa shape index (κ2) is 8.66. The van der Waals surface area contributed by atoms with Crippen molar-refractivity contribution in [3.05, 3.63) is 34.9 Å². The molecule has 0 fully saturated rings. The Labute approximate surface area is 147 Å². The molecule has 0 saturated carbocycles. The molecule has 0 saturated heterocycles. The third kappa shape index (κ3) is 4.18. The Hall–Kier alpha value is -1.35. The molecule has 1 aliphatic carbocycles. The number of hydrogen-bond acceptors (Lipinski definition) is 2. The van der Waals surface area contributed by atoms with Gasteiger partial charge in [-0.15, -0.1) is 0 Å². The van der Waals surface area contributed by atoms with Gasteiger partial charge in [-0.1, -0.05) is 32.9 Å². The van der Waals surface area contributed by atoms with Crippen molar-refractivity contribution >= 4 is 5.91 Å². The number of fused-ring (bicyclic) bond motifs is 1. The van der Waals surface area contributed by atoms with Gasteiger partial charge in [0.2, 0.25) is 0 Å². The second-order valence-electron chi connectivity index (χ2n) is 7.44. The normalized spacial score (nSPS) is 20.3. The van der Waals surface area contributed by atoms with Crippen molar-refractivity contribution in [3.8, 4) is 0 Å². The molecule has 0 spiro atoms. The fraction of sp³-hybridized carbons (Fsp3) is 0.667. The first-order valence-electron chi connectivity index (χ1n) is 9.66. The highest BCUT2D eigenvalue weighted by Gasteiger charge is 2.32. The number of carbonyl (C=O) groups is 1. The molecule has 0 aromatic heterocycles. The molecule has 2 rings (SSSR count). The van der Waals surface area contributed by atoms with Crippen molar-refractivity contribution in [2.75, 3.05) is 13.1 Å². The number of amides is 1. The average molecular weight is 331 g/mol. The standard InChI is InChI=1S/C21H34N2O/c1-6-13-23(14-7-2)19-12-11-17-9-8-10-18(20(17)16(19)5)21(24)22-15(3)4/h8-10,15-16,19H,6-7,11-14H2,1-5H3,(H,22,24)/t16-,19-/m1/s1. The Balaban J connectivity index is 2.33. The molecule has 0 radical (unpaired) electrons. The van der Waals surface area contributed by atoms with Gasteiger partial charge in [0.05, 0.1) is 0 Å². The summed E-state index contributed by atoms with van der Waals surface area (Å²) in [4.78, 5) is 15.3. The monoisotopic (exact) mass is 330 g/mol. The molecule has 1 aromatic carbocycles. The number of benzene rings is 1. The SMILES string of the molecule is CCCN(CCC)[C@@H]1CCc2cccc(C(=O)NC(C)C)c2[C@@H]1C. The van der Waals surface area contributed by atoms with Crippen LogP contribution >= 0.6 is 0 Å². The maximum atomic E-state index is 12.7. The van der Waals surface area contributed by atoms with Gasteiger partial charge in [0.25, 0.3) is 5.91 Å². The molecule has 0 unspecified atom stereocenters. The molecule has 1 N–H and O–H groups in total. The minimum Gasteiger partial charge on any atom is -0.350 e. The van der Waals surface area contributed by atoms with Crippen molar-refractivity contribution in [2.24, 2.45) is 0 Å². The lowest BCUT2D eigenvalue weighted by Crippen LogP contribution is -2.43. The van der Waals surface area contributed by atoms with Gasteiger partial charge in [-0.05, 0) is 75.7 Å². The van der Waals surface area contributed by atoms with E-state index < -0.39 is 0 Å². The van der Waals surface area contributed by atoms with Crippen LogP contribution in [0.1, 0.15) is 81.3 Å². The smallest absolute Gasteiger partial charge is 0.251 e. The number of hydrogen-bond donors (Lipinski definition) is 1. The minimum absolute atomic E-state index is 0.0758. The molecule has 2 atom stereocenters. The molecule has 1 aliphatic rings. The van der Waals surface area contributed by atoms with E-state index >= 15 is 0 Å². The third-order valence-corrected chi connectivity index (χ3v) is 5.09. The van der Waals surface area contributed by atoms with Gasteiger partial charge < -0.3 is 5.32 Å². The van der Waals surface area contributed by atoms with Gasteiger partial charge in [-0.25, -0.2) is 0 Å². The van der Waals surface area contributed by atoms with Crippen LogP contribution < -0.4 is 5.32 Å². The largest absolute Gasteiger partial charge is 0.350 e. The van der Waals surface area contributed by atoms with Crippen LogP contribution in [0.25, 0.3) is 0 Å². The van der Waals surface area contributed by atoms with E-state index in [2.05, 4.69) is 37.1 Å². The van der Waals surface area contributed by atoms with Crippen LogP contribution in [0, 0.1) is 0 Å². The van der Waals surface area contributed by atoms with E-state index in [4.69, 9.17) is 0 Å². The Morgan fingerprint density at radius 1 is 1.25 bits per heavy atom.